The third kappa shape index (κ3) is 3.97. The van der Waals surface area contributed by atoms with E-state index in [1.807, 2.05) is 24.3 Å². The Kier molecular flexibility index (Phi) is 5.13. The Morgan fingerprint density at radius 1 is 1.13 bits per heavy atom. The minimum atomic E-state index is -0.556. The predicted octanol–water partition coefficient (Wildman–Crippen LogP) is 5.18. The van der Waals surface area contributed by atoms with E-state index < -0.39 is 17.7 Å². The molecule has 1 saturated heterocycles. The lowest BCUT2D eigenvalue weighted by Crippen LogP contribution is -2.27. The Balaban J connectivity index is 1.57. The molecule has 0 spiro atoms. The summed E-state index contributed by atoms with van der Waals surface area (Å²) in [4.78, 5) is 18.3. The highest BCUT2D eigenvalue weighted by atomic mass is 19.1. The zero-order valence-corrected chi connectivity index (χ0v) is 17.2. The van der Waals surface area contributed by atoms with Gasteiger partial charge in [0.2, 0.25) is 17.6 Å². The maximum atomic E-state index is 14.1. The first-order chi connectivity index (χ1) is 14.2. The number of carbonyl (C=O) groups excluding carboxylic acids is 1. The Hall–Kier alpha value is -3.09. The zero-order valence-electron chi connectivity index (χ0n) is 17.2. The Morgan fingerprint density at radius 2 is 1.87 bits per heavy atom. The largest absolute Gasteiger partial charge is 0.337 e. The summed E-state index contributed by atoms with van der Waals surface area (Å²) >= 11 is 0. The van der Waals surface area contributed by atoms with Crippen molar-refractivity contribution in [3.8, 4) is 11.4 Å². The van der Waals surface area contributed by atoms with Crippen LogP contribution in [0.2, 0.25) is 0 Å². The van der Waals surface area contributed by atoms with Gasteiger partial charge in [-0.2, -0.15) is 4.98 Å². The molecule has 30 heavy (non-hydrogen) atoms. The van der Waals surface area contributed by atoms with Crippen LogP contribution in [0.4, 0.5) is 8.78 Å². The van der Waals surface area contributed by atoms with Crippen LogP contribution in [-0.4, -0.2) is 20.9 Å². The van der Waals surface area contributed by atoms with E-state index in [0.29, 0.717) is 24.6 Å². The minimum absolute atomic E-state index is 0.0395. The summed E-state index contributed by atoms with van der Waals surface area (Å²) < 4.78 is 33.0. The molecule has 2 heterocycles. The number of nitrogens with zero attached hydrogens (tertiary/aromatic N) is 3. The van der Waals surface area contributed by atoms with Crippen molar-refractivity contribution in [3.63, 3.8) is 0 Å². The van der Waals surface area contributed by atoms with Crippen LogP contribution in [0.1, 0.15) is 56.7 Å². The van der Waals surface area contributed by atoms with Crippen LogP contribution in [0.15, 0.2) is 47.0 Å². The summed E-state index contributed by atoms with van der Waals surface area (Å²) in [5.74, 6) is -0.527. The molecule has 1 fully saturated rings. The number of hydrogen-bond donors (Lipinski definition) is 0. The average Bonchev–Trinajstić information content (AvgIpc) is 3.32. The van der Waals surface area contributed by atoms with Crippen molar-refractivity contribution in [1.29, 1.82) is 0 Å². The fourth-order valence-electron chi connectivity index (χ4n) is 3.64. The van der Waals surface area contributed by atoms with Crippen molar-refractivity contribution in [3.05, 3.63) is 71.1 Å². The SMILES string of the molecule is CC(C)(C)c1ccc(-c2noc(C3CCC(=O)N3Cc3cc(F)ccc3F)n2)cc1. The van der Waals surface area contributed by atoms with Gasteiger partial charge in [0.1, 0.15) is 17.7 Å². The standard InChI is InChI=1S/C23H23F2N3O2/c1-23(2,3)16-6-4-14(5-7-16)21-26-22(30-27-21)19-10-11-20(29)28(19)13-15-12-17(24)8-9-18(15)25/h4-9,12,19H,10-11,13H2,1-3H3. The molecule has 0 radical (unpaired) electrons. The minimum Gasteiger partial charge on any atom is -0.337 e. The van der Waals surface area contributed by atoms with Gasteiger partial charge in [-0.15, -0.1) is 0 Å². The molecule has 156 valence electrons. The zero-order chi connectivity index (χ0) is 21.5. The van der Waals surface area contributed by atoms with Crippen LogP contribution in [0.5, 0.6) is 0 Å². The van der Waals surface area contributed by atoms with E-state index >= 15 is 0 Å². The van der Waals surface area contributed by atoms with E-state index in [0.717, 1.165) is 23.8 Å². The number of hydrogen-bond acceptors (Lipinski definition) is 4. The number of carbonyl (C=O) groups is 1. The maximum Gasteiger partial charge on any atom is 0.249 e. The molecule has 3 aromatic rings. The van der Waals surface area contributed by atoms with Crippen molar-refractivity contribution >= 4 is 5.91 Å². The summed E-state index contributed by atoms with van der Waals surface area (Å²) in [6.45, 7) is 6.37. The lowest BCUT2D eigenvalue weighted by Gasteiger charge is -2.22. The Labute approximate surface area is 173 Å². The lowest BCUT2D eigenvalue weighted by molar-refractivity contribution is -0.130. The van der Waals surface area contributed by atoms with E-state index in [2.05, 4.69) is 30.9 Å². The van der Waals surface area contributed by atoms with Crippen LogP contribution in [0.25, 0.3) is 11.4 Å². The topological polar surface area (TPSA) is 59.2 Å². The third-order valence-electron chi connectivity index (χ3n) is 5.41. The van der Waals surface area contributed by atoms with Gasteiger partial charge in [-0.1, -0.05) is 50.2 Å². The van der Waals surface area contributed by atoms with Gasteiger partial charge in [-0.05, 0) is 35.6 Å². The van der Waals surface area contributed by atoms with Crippen LogP contribution in [-0.2, 0) is 16.8 Å². The molecule has 1 aromatic heterocycles. The summed E-state index contributed by atoms with van der Waals surface area (Å²) in [6.07, 6.45) is 0.778. The monoisotopic (exact) mass is 411 g/mol. The normalized spacial score (nSPS) is 17.0. The highest BCUT2D eigenvalue weighted by Crippen LogP contribution is 2.35. The van der Waals surface area contributed by atoms with Crippen molar-refractivity contribution < 1.29 is 18.1 Å². The van der Waals surface area contributed by atoms with Crippen molar-refractivity contribution in [2.75, 3.05) is 0 Å². The smallest absolute Gasteiger partial charge is 0.249 e. The van der Waals surface area contributed by atoms with Crippen LogP contribution in [0, 0.1) is 11.6 Å². The first-order valence-electron chi connectivity index (χ1n) is 9.90. The molecule has 0 bridgehead atoms. The number of rotatable bonds is 4. The second kappa shape index (κ2) is 7.63. The molecule has 5 nitrogen and oxygen atoms in total. The van der Waals surface area contributed by atoms with E-state index in [4.69, 9.17) is 4.52 Å². The third-order valence-corrected chi connectivity index (χ3v) is 5.41. The predicted molar refractivity (Wildman–Crippen MR) is 107 cm³/mol. The fourth-order valence-corrected chi connectivity index (χ4v) is 3.64. The fraction of sp³-hybridized carbons (Fsp3) is 0.348. The number of halogens is 2. The second-order valence-electron chi connectivity index (χ2n) is 8.60. The lowest BCUT2D eigenvalue weighted by atomic mass is 9.87. The second-order valence-corrected chi connectivity index (χ2v) is 8.60. The number of aromatic nitrogens is 2. The summed E-state index contributed by atoms with van der Waals surface area (Å²) in [5.41, 5.74) is 2.16. The van der Waals surface area contributed by atoms with Gasteiger partial charge in [0, 0.05) is 24.1 Å². The molecule has 0 saturated carbocycles. The highest BCUT2D eigenvalue weighted by Gasteiger charge is 2.36. The first kappa shape index (κ1) is 20.2. The van der Waals surface area contributed by atoms with E-state index in [-0.39, 0.29) is 23.4 Å². The molecule has 1 aliphatic heterocycles. The number of likely N-dealkylation sites (tertiary alicyclic amines) is 1. The van der Waals surface area contributed by atoms with Crippen LogP contribution in [0.3, 0.4) is 0 Å². The molecule has 0 N–H and O–H groups in total. The van der Waals surface area contributed by atoms with E-state index in [1.54, 1.807) is 0 Å². The van der Waals surface area contributed by atoms with Gasteiger partial charge in [-0.25, -0.2) is 8.78 Å². The van der Waals surface area contributed by atoms with Crippen LogP contribution >= 0.6 is 0 Å². The van der Waals surface area contributed by atoms with Crippen molar-refractivity contribution in [1.82, 2.24) is 15.0 Å². The maximum absolute atomic E-state index is 14.1. The summed E-state index contributed by atoms with van der Waals surface area (Å²) in [7, 11) is 0. The molecule has 1 aliphatic rings. The molecule has 1 amide bonds. The molecular weight excluding hydrogens is 388 g/mol. The number of benzene rings is 2. The van der Waals surface area contributed by atoms with Crippen LogP contribution < -0.4 is 0 Å². The first-order valence-corrected chi connectivity index (χ1v) is 9.90. The average molecular weight is 411 g/mol. The van der Waals surface area contributed by atoms with Gasteiger partial charge < -0.3 is 9.42 Å². The van der Waals surface area contributed by atoms with Gasteiger partial charge in [-0.3, -0.25) is 4.79 Å². The van der Waals surface area contributed by atoms with Crippen molar-refractivity contribution in [2.45, 2.75) is 51.6 Å². The Bertz CT molecular complexity index is 1070. The molecule has 1 atom stereocenters. The molecule has 4 rings (SSSR count). The quantitative estimate of drug-likeness (QED) is 0.594. The molecule has 2 aromatic carbocycles. The van der Waals surface area contributed by atoms with Gasteiger partial charge in [0.05, 0.1) is 0 Å². The molecule has 1 unspecified atom stereocenters. The summed E-state index contributed by atoms with van der Waals surface area (Å²) in [5, 5.41) is 4.06. The summed E-state index contributed by atoms with van der Waals surface area (Å²) in [6, 6.07) is 10.7. The molecule has 7 heteroatoms. The number of amides is 1. The van der Waals surface area contributed by atoms with Gasteiger partial charge >= 0.3 is 0 Å². The highest BCUT2D eigenvalue weighted by molar-refractivity contribution is 5.78. The van der Waals surface area contributed by atoms with Gasteiger partial charge in [0.25, 0.3) is 0 Å². The van der Waals surface area contributed by atoms with Crippen molar-refractivity contribution in [2.24, 2.45) is 0 Å². The van der Waals surface area contributed by atoms with E-state index in [9.17, 15) is 13.6 Å². The Morgan fingerprint density at radius 3 is 2.57 bits per heavy atom. The van der Waals surface area contributed by atoms with Gasteiger partial charge in [0.15, 0.2) is 0 Å². The molecular formula is C23H23F2N3O2. The molecule has 0 aliphatic carbocycles. The van der Waals surface area contributed by atoms with E-state index in [1.165, 1.54) is 10.5 Å².